The molecule has 12 heteroatoms. The van der Waals surface area contributed by atoms with Crippen LogP contribution < -0.4 is 10.7 Å². The van der Waals surface area contributed by atoms with Gasteiger partial charge in [-0.25, -0.2) is 9.78 Å². The maximum atomic E-state index is 13.6. The Morgan fingerprint density at radius 1 is 1.25 bits per heavy atom. The van der Waals surface area contributed by atoms with Crippen molar-refractivity contribution in [1.29, 1.82) is 0 Å². The van der Waals surface area contributed by atoms with E-state index in [0.29, 0.717) is 11.4 Å². The number of hydrogen-bond donors (Lipinski definition) is 3. The molecule has 1 aromatic heterocycles. The maximum absolute atomic E-state index is 13.6. The van der Waals surface area contributed by atoms with Crippen molar-refractivity contribution in [3.8, 4) is 0 Å². The molecule has 1 fully saturated rings. The van der Waals surface area contributed by atoms with Gasteiger partial charge < -0.3 is 15.0 Å². The van der Waals surface area contributed by atoms with Gasteiger partial charge in [0.25, 0.3) is 5.91 Å². The van der Waals surface area contributed by atoms with Crippen molar-refractivity contribution >= 4 is 17.8 Å². The summed E-state index contributed by atoms with van der Waals surface area (Å²) >= 11 is 0. The number of aromatic nitrogens is 2. The van der Waals surface area contributed by atoms with Crippen molar-refractivity contribution in [3.05, 3.63) is 54.1 Å². The zero-order chi connectivity index (χ0) is 23.7. The molecule has 1 saturated heterocycles. The summed E-state index contributed by atoms with van der Waals surface area (Å²) in [5.74, 6) is -3.01. The van der Waals surface area contributed by atoms with Gasteiger partial charge in [0, 0.05) is 19.4 Å². The first-order chi connectivity index (χ1) is 14.9. The minimum Gasteiger partial charge on any atom is -0.374 e. The van der Waals surface area contributed by atoms with Crippen molar-refractivity contribution in [2.75, 3.05) is 0 Å². The van der Waals surface area contributed by atoms with E-state index in [1.807, 2.05) is 35.8 Å². The number of imide groups is 1. The first kappa shape index (κ1) is 23.3. The predicted octanol–water partition coefficient (Wildman–Crippen LogP) is 1.53. The van der Waals surface area contributed by atoms with Crippen molar-refractivity contribution in [2.24, 2.45) is 7.05 Å². The van der Waals surface area contributed by atoms with E-state index in [-0.39, 0.29) is 6.42 Å². The number of benzene rings is 1. The number of aliphatic hydroxyl groups is 1. The van der Waals surface area contributed by atoms with Gasteiger partial charge in [0.1, 0.15) is 5.54 Å². The minimum atomic E-state index is -5.25. The fourth-order valence-electron chi connectivity index (χ4n) is 3.46. The first-order valence-electron chi connectivity index (χ1n) is 9.64. The molecule has 1 aliphatic heterocycles. The fourth-order valence-corrected chi connectivity index (χ4v) is 3.46. The second kappa shape index (κ2) is 8.26. The number of carbonyl (C=O) groups excluding carboxylic acids is 3. The molecule has 0 bridgehead atoms. The molecule has 0 aliphatic carbocycles. The molecule has 2 atom stereocenters. The molecule has 0 saturated carbocycles. The molecule has 2 unspecified atom stereocenters. The molecule has 2 heterocycles. The van der Waals surface area contributed by atoms with Crippen LogP contribution in [-0.4, -0.2) is 49.2 Å². The van der Waals surface area contributed by atoms with Crippen LogP contribution in [0.15, 0.2) is 42.7 Å². The zero-order valence-electron chi connectivity index (χ0n) is 17.3. The first-order valence-corrected chi connectivity index (χ1v) is 9.64. The third-order valence-corrected chi connectivity index (χ3v) is 5.33. The van der Waals surface area contributed by atoms with Gasteiger partial charge in [-0.2, -0.15) is 18.2 Å². The second-order valence-corrected chi connectivity index (χ2v) is 7.82. The van der Waals surface area contributed by atoms with Gasteiger partial charge >= 0.3 is 12.2 Å². The van der Waals surface area contributed by atoms with Crippen LogP contribution in [0.5, 0.6) is 0 Å². The van der Waals surface area contributed by atoms with E-state index >= 15 is 0 Å². The van der Waals surface area contributed by atoms with E-state index in [2.05, 4.69) is 10.3 Å². The number of imidazole rings is 1. The van der Waals surface area contributed by atoms with Gasteiger partial charge in [0.15, 0.2) is 5.82 Å². The van der Waals surface area contributed by atoms with Crippen LogP contribution >= 0.6 is 0 Å². The van der Waals surface area contributed by atoms with E-state index in [1.165, 1.54) is 20.2 Å². The standard InChI is InChI=1S/C20H22F3N5O4/c1-18(9-8-13-6-4-3-5-7-13)16(30)28(17(31)25-18)26-14(29)12-19(32,20(21,22)23)15-24-10-11-27(15)2/h3-7,10-11,32H,8-9,12H2,1-2H3,(H,25,31)(H,26,29). The van der Waals surface area contributed by atoms with Crippen LogP contribution in [0.4, 0.5) is 18.0 Å². The maximum Gasteiger partial charge on any atom is 0.425 e. The van der Waals surface area contributed by atoms with Crippen LogP contribution in [0, 0.1) is 0 Å². The van der Waals surface area contributed by atoms with Crippen LogP contribution in [0.1, 0.15) is 31.2 Å². The lowest BCUT2D eigenvalue weighted by atomic mass is 9.93. The lowest BCUT2D eigenvalue weighted by molar-refractivity contribution is -0.271. The summed E-state index contributed by atoms with van der Waals surface area (Å²) < 4.78 is 41.8. The molecule has 9 nitrogen and oxygen atoms in total. The van der Waals surface area contributed by atoms with Gasteiger partial charge in [0.2, 0.25) is 11.5 Å². The third kappa shape index (κ3) is 4.31. The summed E-state index contributed by atoms with van der Waals surface area (Å²) in [5.41, 5.74) is -2.18. The number of rotatable bonds is 7. The summed E-state index contributed by atoms with van der Waals surface area (Å²) in [6, 6.07) is 8.19. The molecule has 32 heavy (non-hydrogen) atoms. The minimum absolute atomic E-state index is 0.202. The second-order valence-electron chi connectivity index (χ2n) is 7.82. The number of alkyl halides is 3. The monoisotopic (exact) mass is 453 g/mol. The van der Waals surface area contributed by atoms with Gasteiger partial charge in [-0.3, -0.25) is 15.0 Å². The SMILES string of the molecule is Cn1ccnc1C(O)(CC(=O)NN1C(=O)NC(C)(CCc2ccccc2)C1=O)C(F)(F)F. The van der Waals surface area contributed by atoms with Crippen molar-refractivity contribution in [3.63, 3.8) is 0 Å². The Labute approximate surface area is 181 Å². The van der Waals surface area contributed by atoms with Crippen molar-refractivity contribution in [2.45, 2.75) is 43.5 Å². The van der Waals surface area contributed by atoms with Gasteiger partial charge in [-0.05, 0) is 25.3 Å². The summed E-state index contributed by atoms with van der Waals surface area (Å²) in [6.07, 6.45) is -3.88. The highest BCUT2D eigenvalue weighted by Gasteiger charge is 2.59. The third-order valence-electron chi connectivity index (χ3n) is 5.33. The Bertz CT molecular complexity index is 1030. The Balaban J connectivity index is 1.72. The molecular weight excluding hydrogens is 431 g/mol. The van der Waals surface area contributed by atoms with E-state index in [0.717, 1.165) is 16.3 Å². The molecule has 172 valence electrons. The molecule has 0 radical (unpaired) electrons. The Morgan fingerprint density at radius 3 is 2.47 bits per heavy atom. The Morgan fingerprint density at radius 2 is 1.91 bits per heavy atom. The number of hydrazine groups is 1. The van der Waals surface area contributed by atoms with Crippen LogP contribution in [0.3, 0.4) is 0 Å². The van der Waals surface area contributed by atoms with Gasteiger partial charge in [-0.15, -0.1) is 0 Å². The summed E-state index contributed by atoms with van der Waals surface area (Å²) in [7, 11) is 1.23. The quantitative estimate of drug-likeness (QED) is 0.550. The molecule has 3 rings (SSSR count). The lowest BCUT2D eigenvalue weighted by Gasteiger charge is -2.29. The number of nitrogens with one attached hydrogen (secondary N) is 2. The van der Waals surface area contributed by atoms with E-state index in [9.17, 15) is 32.7 Å². The van der Waals surface area contributed by atoms with Crippen LogP contribution in [0.25, 0.3) is 0 Å². The molecule has 2 aromatic rings. The number of carbonyl (C=O) groups is 3. The topological polar surface area (TPSA) is 117 Å². The highest BCUT2D eigenvalue weighted by atomic mass is 19.4. The van der Waals surface area contributed by atoms with E-state index < -0.39 is 47.4 Å². The Kier molecular flexibility index (Phi) is 6.00. The van der Waals surface area contributed by atoms with E-state index in [4.69, 9.17) is 0 Å². The molecular formula is C20H22F3N5O4. The van der Waals surface area contributed by atoms with Crippen molar-refractivity contribution in [1.82, 2.24) is 25.3 Å². The highest BCUT2D eigenvalue weighted by molar-refractivity contribution is 6.07. The lowest BCUT2D eigenvalue weighted by Crippen LogP contribution is -2.53. The summed E-state index contributed by atoms with van der Waals surface area (Å²) in [4.78, 5) is 40.9. The molecule has 0 spiro atoms. The molecule has 1 aliphatic rings. The average Bonchev–Trinajstić information content (AvgIpc) is 3.23. The summed E-state index contributed by atoms with van der Waals surface area (Å²) in [5, 5.41) is 13.1. The van der Waals surface area contributed by atoms with E-state index in [1.54, 1.807) is 0 Å². The number of amides is 4. The average molecular weight is 453 g/mol. The largest absolute Gasteiger partial charge is 0.425 e. The fraction of sp³-hybridized carbons (Fsp3) is 0.400. The molecule has 1 aromatic carbocycles. The number of halogens is 3. The van der Waals surface area contributed by atoms with Crippen LogP contribution in [0.2, 0.25) is 0 Å². The molecule has 3 N–H and O–H groups in total. The zero-order valence-corrected chi connectivity index (χ0v) is 17.3. The number of nitrogens with zero attached hydrogens (tertiary/aromatic N) is 3. The van der Waals surface area contributed by atoms with Crippen LogP contribution in [-0.2, 0) is 28.7 Å². The van der Waals surface area contributed by atoms with Gasteiger partial charge in [-0.1, -0.05) is 30.3 Å². The predicted molar refractivity (Wildman–Crippen MR) is 104 cm³/mol. The van der Waals surface area contributed by atoms with Gasteiger partial charge in [0.05, 0.1) is 6.42 Å². The normalized spacial score (nSPS) is 20.8. The number of hydrogen-bond acceptors (Lipinski definition) is 5. The molecule has 4 amide bonds. The smallest absolute Gasteiger partial charge is 0.374 e. The number of urea groups is 1. The highest BCUT2D eigenvalue weighted by Crippen LogP contribution is 2.40. The Hall–Kier alpha value is -3.41. The number of aryl methyl sites for hydroxylation is 2. The summed E-state index contributed by atoms with van der Waals surface area (Å²) in [6.45, 7) is 1.46. The van der Waals surface area contributed by atoms with Crippen molar-refractivity contribution < 1.29 is 32.7 Å².